The lowest BCUT2D eigenvalue weighted by molar-refractivity contribution is -0.148. The van der Waals surface area contributed by atoms with Crippen LogP contribution in [0, 0.1) is 0 Å². The van der Waals surface area contributed by atoms with E-state index >= 15 is 0 Å². The molecule has 0 aromatic rings. The minimum Gasteiger partial charge on any atom is -0.463 e. The lowest BCUT2D eigenvalue weighted by Crippen LogP contribution is -2.15. The largest absolute Gasteiger partial charge is 0.463 e. The van der Waals surface area contributed by atoms with E-state index in [2.05, 4.69) is 13.0 Å². The monoisotopic (exact) mass is 182 g/mol. The van der Waals surface area contributed by atoms with Gasteiger partial charge in [-0.3, -0.25) is 4.79 Å². The van der Waals surface area contributed by atoms with Crippen LogP contribution in [0.4, 0.5) is 0 Å². The average molecular weight is 182 g/mol. The summed E-state index contributed by atoms with van der Waals surface area (Å²) in [5.74, 6) is -0.0536. The molecule has 2 nitrogen and oxygen atoms in total. The fourth-order valence-electron chi connectivity index (χ4n) is 1.50. The highest BCUT2D eigenvalue weighted by atomic mass is 16.5. The molecule has 0 amide bonds. The van der Waals surface area contributed by atoms with Crippen molar-refractivity contribution in [3.8, 4) is 0 Å². The van der Waals surface area contributed by atoms with Gasteiger partial charge in [-0.1, -0.05) is 11.6 Å². The Morgan fingerprint density at radius 1 is 1.46 bits per heavy atom. The highest BCUT2D eigenvalue weighted by molar-refractivity contribution is 5.69. The van der Waals surface area contributed by atoms with E-state index in [9.17, 15) is 4.79 Å². The molecule has 2 heteroatoms. The van der Waals surface area contributed by atoms with Crippen molar-refractivity contribution in [3.63, 3.8) is 0 Å². The molecule has 0 aromatic carbocycles. The first-order chi connectivity index (χ1) is 6.18. The molecule has 1 heterocycles. The van der Waals surface area contributed by atoms with Gasteiger partial charge in [-0.2, -0.15) is 0 Å². The molecule has 0 saturated carbocycles. The number of ether oxygens (including phenoxy) is 1. The van der Waals surface area contributed by atoms with Crippen molar-refractivity contribution in [1.82, 2.24) is 0 Å². The van der Waals surface area contributed by atoms with Gasteiger partial charge in [0.2, 0.25) is 0 Å². The first-order valence-electron chi connectivity index (χ1n) is 5.03. The third kappa shape index (κ3) is 4.11. The summed E-state index contributed by atoms with van der Waals surface area (Å²) in [6, 6.07) is 0. The van der Waals surface area contributed by atoms with Crippen LogP contribution in [0.1, 0.15) is 46.0 Å². The van der Waals surface area contributed by atoms with Crippen molar-refractivity contribution in [2.45, 2.75) is 52.1 Å². The number of carbonyl (C=O) groups excluding carboxylic acids is 1. The van der Waals surface area contributed by atoms with Crippen molar-refractivity contribution in [2.75, 3.05) is 0 Å². The fourth-order valence-corrected chi connectivity index (χ4v) is 1.50. The zero-order valence-corrected chi connectivity index (χ0v) is 8.51. The van der Waals surface area contributed by atoms with Gasteiger partial charge in [0, 0.05) is 6.42 Å². The van der Waals surface area contributed by atoms with E-state index in [0.717, 1.165) is 25.7 Å². The summed E-state index contributed by atoms with van der Waals surface area (Å²) in [7, 11) is 0. The Labute approximate surface area is 80.0 Å². The lowest BCUT2D eigenvalue weighted by Gasteiger charge is -2.14. The Kier molecular flexibility index (Phi) is 4.00. The predicted molar refractivity (Wildman–Crippen MR) is 52.4 cm³/mol. The Balaban J connectivity index is 2.50. The molecule has 0 saturated heterocycles. The molecule has 0 spiro atoms. The Bertz CT molecular complexity index is 206. The maximum atomic E-state index is 11.2. The molecule has 74 valence electrons. The van der Waals surface area contributed by atoms with E-state index in [4.69, 9.17) is 4.74 Å². The third-order valence-electron chi connectivity index (χ3n) is 2.36. The number of allylic oxidation sites excluding steroid dienone is 2. The van der Waals surface area contributed by atoms with Crippen molar-refractivity contribution < 1.29 is 9.53 Å². The minimum atomic E-state index is -0.0536. The number of rotatable bonds is 0. The molecule has 1 aliphatic heterocycles. The molecule has 0 aromatic heterocycles. The second-order valence-corrected chi connectivity index (χ2v) is 3.78. The van der Waals surface area contributed by atoms with Crippen LogP contribution in [-0.4, -0.2) is 12.1 Å². The molecule has 13 heavy (non-hydrogen) atoms. The van der Waals surface area contributed by atoms with Crippen LogP contribution in [0.3, 0.4) is 0 Å². The molecule has 0 fully saturated rings. The van der Waals surface area contributed by atoms with Gasteiger partial charge in [-0.15, -0.1) is 0 Å². The van der Waals surface area contributed by atoms with Crippen LogP contribution in [0.15, 0.2) is 11.6 Å². The van der Waals surface area contributed by atoms with Gasteiger partial charge >= 0.3 is 5.97 Å². The van der Waals surface area contributed by atoms with Crippen LogP contribution in [0.5, 0.6) is 0 Å². The highest BCUT2D eigenvalue weighted by Crippen LogP contribution is 2.13. The van der Waals surface area contributed by atoms with E-state index in [0.29, 0.717) is 6.42 Å². The molecule has 1 aliphatic rings. The quantitative estimate of drug-likeness (QED) is 0.425. The normalized spacial score (nSPS) is 30.2. The zero-order valence-electron chi connectivity index (χ0n) is 8.51. The standard InChI is InChI=1S/C11H18O2/c1-9-5-3-4-6-10(2)13-11(12)8-7-9/h5,10H,3-4,6-8H2,1-2H3/b9-5-. The van der Waals surface area contributed by atoms with E-state index in [-0.39, 0.29) is 12.1 Å². The summed E-state index contributed by atoms with van der Waals surface area (Å²) in [5.41, 5.74) is 1.31. The van der Waals surface area contributed by atoms with Crippen LogP contribution in [-0.2, 0) is 9.53 Å². The first-order valence-corrected chi connectivity index (χ1v) is 5.03. The second-order valence-electron chi connectivity index (χ2n) is 3.78. The minimum absolute atomic E-state index is 0.0536. The van der Waals surface area contributed by atoms with Crippen LogP contribution < -0.4 is 0 Å². The Morgan fingerprint density at radius 3 is 3.00 bits per heavy atom. The van der Waals surface area contributed by atoms with Crippen LogP contribution in [0.2, 0.25) is 0 Å². The molecule has 1 rings (SSSR count). The first kappa shape index (κ1) is 10.3. The van der Waals surface area contributed by atoms with Crippen molar-refractivity contribution >= 4 is 5.97 Å². The maximum Gasteiger partial charge on any atom is 0.306 e. The van der Waals surface area contributed by atoms with Crippen LogP contribution >= 0.6 is 0 Å². The number of esters is 1. The van der Waals surface area contributed by atoms with Crippen LogP contribution in [0.25, 0.3) is 0 Å². The topological polar surface area (TPSA) is 26.3 Å². The third-order valence-corrected chi connectivity index (χ3v) is 2.36. The predicted octanol–water partition coefficient (Wildman–Crippen LogP) is 2.83. The molecule has 0 bridgehead atoms. The smallest absolute Gasteiger partial charge is 0.306 e. The van der Waals surface area contributed by atoms with E-state index < -0.39 is 0 Å². The summed E-state index contributed by atoms with van der Waals surface area (Å²) >= 11 is 0. The summed E-state index contributed by atoms with van der Waals surface area (Å²) in [4.78, 5) is 11.2. The van der Waals surface area contributed by atoms with Gasteiger partial charge in [0.25, 0.3) is 0 Å². The van der Waals surface area contributed by atoms with Crippen molar-refractivity contribution in [2.24, 2.45) is 0 Å². The molecule has 0 radical (unpaired) electrons. The van der Waals surface area contributed by atoms with Gasteiger partial charge < -0.3 is 4.74 Å². The second kappa shape index (κ2) is 5.05. The number of hydrogen-bond acceptors (Lipinski definition) is 2. The molecule has 0 N–H and O–H groups in total. The zero-order chi connectivity index (χ0) is 9.68. The molecule has 1 atom stereocenters. The average Bonchev–Trinajstić information content (AvgIpc) is 2.08. The molecule has 0 aliphatic carbocycles. The molecular formula is C11H18O2. The number of carbonyl (C=O) groups is 1. The Morgan fingerprint density at radius 2 is 2.23 bits per heavy atom. The Hall–Kier alpha value is -0.790. The molecular weight excluding hydrogens is 164 g/mol. The lowest BCUT2D eigenvalue weighted by atomic mass is 10.1. The maximum absolute atomic E-state index is 11.2. The summed E-state index contributed by atoms with van der Waals surface area (Å²) < 4.78 is 5.21. The highest BCUT2D eigenvalue weighted by Gasteiger charge is 2.10. The summed E-state index contributed by atoms with van der Waals surface area (Å²) in [5, 5.41) is 0. The van der Waals surface area contributed by atoms with E-state index in [1.54, 1.807) is 0 Å². The van der Waals surface area contributed by atoms with Gasteiger partial charge in [-0.25, -0.2) is 0 Å². The van der Waals surface area contributed by atoms with Crippen molar-refractivity contribution in [3.05, 3.63) is 11.6 Å². The van der Waals surface area contributed by atoms with Crippen molar-refractivity contribution in [1.29, 1.82) is 0 Å². The summed E-state index contributed by atoms with van der Waals surface area (Å²) in [6.45, 7) is 4.05. The van der Waals surface area contributed by atoms with Gasteiger partial charge in [0.15, 0.2) is 0 Å². The van der Waals surface area contributed by atoms with E-state index in [1.165, 1.54) is 5.57 Å². The number of hydrogen-bond donors (Lipinski definition) is 0. The van der Waals surface area contributed by atoms with Gasteiger partial charge in [-0.05, 0) is 39.5 Å². The van der Waals surface area contributed by atoms with Gasteiger partial charge in [0.05, 0.1) is 6.10 Å². The fraction of sp³-hybridized carbons (Fsp3) is 0.727. The molecule has 1 unspecified atom stereocenters. The summed E-state index contributed by atoms with van der Waals surface area (Å²) in [6.07, 6.45) is 6.94. The van der Waals surface area contributed by atoms with Gasteiger partial charge in [0.1, 0.15) is 0 Å². The SMILES string of the molecule is C/C1=C/CCCC(C)OC(=O)CC1. The number of cyclic esters (lactones) is 1. The van der Waals surface area contributed by atoms with E-state index in [1.807, 2.05) is 6.92 Å².